The smallest absolute Gasteiger partial charge is 0.211 e. The third kappa shape index (κ3) is 3.96. The van der Waals surface area contributed by atoms with Crippen LogP contribution in [0.3, 0.4) is 0 Å². The highest BCUT2D eigenvalue weighted by Crippen LogP contribution is 2.42. The topological polar surface area (TPSA) is 86.2 Å². The van der Waals surface area contributed by atoms with Gasteiger partial charge in [0.1, 0.15) is 11.4 Å². The fraction of sp³-hybridized carbons (Fsp3) is 0.364. The van der Waals surface area contributed by atoms with Crippen LogP contribution in [-0.2, 0) is 4.79 Å². The van der Waals surface area contributed by atoms with Crippen molar-refractivity contribution in [1.82, 2.24) is 0 Å². The molecule has 1 amide bonds. The van der Waals surface area contributed by atoms with Crippen molar-refractivity contribution in [2.75, 3.05) is 36.7 Å². The molecule has 0 spiro atoms. The van der Waals surface area contributed by atoms with Gasteiger partial charge < -0.3 is 26.1 Å². The average molecular weight is 380 g/mol. The molecule has 0 bridgehead atoms. The van der Waals surface area contributed by atoms with E-state index in [1.54, 1.807) is 7.11 Å². The maximum Gasteiger partial charge on any atom is 0.211 e. The van der Waals surface area contributed by atoms with Crippen molar-refractivity contribution in [1.29, 1.82) is 5.41 Å². The van der Waals surface area contributed by atoms with Crippen LogP contribution in [0.4, 0.5) is 17.1 Å². The largest absolute Gasteiger partial charge is 0.494 e. The number of anilines is 3. The summed E-state index contributed by atoms with van der Waals surface area (Å²) in [7, 11) is 3.47. The Balaban J connectivity index is 2.13. The molecule has 28 heavy (non-hydrogen) atoms. The Bertz CT molecular complexity index is 875. The van der Waals surface area contributed by atoms with Crippen molar-refractivity contribution < 1.29 is 9.53 Å². The first-order chi connectivity index (χ1) is 13.6. The zero-order valence-electron chi connectivity index (χ0n) is 16.7. The van der Waals surface area contributed by atoms with Gasteiger partial charge in [0.15, 0.2) is 0 Å². The fourth-order valence-electron chi connectivity index (χ4n) is 3.37. The molecule has 0 atom stereocenters. The Morgan fingerprint density at radius 1 is 1.25 bits per heavy atom. The predicted octanol–water partition coefficient (Wildman–Crippen LogP) is 4.57. The zero-order chi connectivity index (χ0) is 20.1. The number of ether oxygens (including phenoxy) is 1. The van der Waals surface area contributed by atoms with Crippen molar-refractivity contribution in [3.63, 3.8) is 0 Å². The molecule has 2 aromatic rings. The zero-order valence-corrected chi connectivity index (χ0v) is 16.7. The normalized spacial score (nSPS) is 13.0. The summed E-state index contributed by atoms with van der Waals surface area (Å²) >= 11 is 0. The Morgan fingerprint density at radius 3 is 2.64 bits per heavy atom. The molecule has 6 heteroatoms. The number of hydrogen-bond donors (Lipinski definition) is 4. The molecule has 0 aromatic heterocycles. The van der Waals surface area contributed by atoms with Crippen molar-refractivity contribution in [2.45, 2.75) is 26.2 Å². The molecule has 1 aliphatic rings. The molecule has 1 aliphatic carbocycles. The first-order valence-electron chi connectivity index (χ1n) is 9.70. The third-order valence-electron chi connectivity index (χ3n) is 5.02. The van der Waals surface area contributed by atoms with Crippen LogP contribution in [-0.4, -0.2) is 32.8 Å². The van der Waals surface area contributed by atoms with Gasteiger partial charge in [-0.1, -0.05) is 13.0 Å². The molecule has 2 aromatic carbocycles. The third-order valence-corrected chi connectivity index (χ3v) is 5.02. The van der Waals surface area contributed by atoms with Gasteiger partial charge in [0.25, 0.3) is 0 Å². The van der Waals surface area contributed by atoms with Crippen LogP contribution in [0.2, 0.25) is 0 Å². The Hall–Kier alpha value is -3.02. The molecule has 0 saturated heterocycles. The van der Waals surface area contributed by atoms with Gasteiger partial charge in [-0.05, 0) is 49.1 Å². The van der Waals surface area contributed by atoms with E-state index in [2.05, 4.69) is 28.9 Å². The van der Waals surface area contributed by atoms with Crippen LogP contribution in [0.25, 0.3) is 11.1 Å². The molecule has 4 N–H and O–H groups in total. The standard InChI is InChI=1S/C22H28N4O2/c1-4-11-25-21-16(8-10-19(28-3)22(21)26-13-27)15-7-9-18(24-2)17(12-15)20(23)14-5-6-14/h7-10,12-14,23-25H,4-6,11H2,1-3H3,(H,26,27). The molecule has 0 aliphatic heterocycles. The van der Waals surface area contributed by atoms with E-state index >= 15 is 0 Å². The van der Waals surface area contributed by atoms with Crippen LogP contribution >= 0.6 is 0 Å². The SMILES string of the molecule is CCCNc1c(-c2ccc(NC)c(C(=N)C3CC3)c2)ccc(OC)c1NC=O. The Labute approximate surface area is 166 Å². The van der Waals surface area contributed by atoms with E-state index in [0.29, 0.717) is 29.5 Å². The maximum atomic E-state index is 11.2. The lowest BCUT2D eigenvalue weighted by molar-refractivity contribution is -0.105. The molecule has 6 nitrogen and oxygen atoms in total. The summed E-state index contributed by atoms with van der Waals surface area (Å²) in [6.07, 6.45) is 3.79. The van der Waals surface area contributed by atoms with Crippen LogP contribution in [0.1, 0.15) is 31.7 Å². The molecule has 3 rings (SSSR count). The highest BCUT2D eigenvalue weighted by Gasteiger charge is 2.29. The summed E-state index contributed by atoms with van der Waals surface area (Å²) in [4.78, 5) is 11.2. The quantitative estimate of drug-likeness (QED) is 0.359. The first-order valence-corrected chi connectivity index (χ1v) is 9.70. The number of carbonyl (C=O) groups excluding carboxylic acids is 1. The van der Waals surface area contributed by atoms with E-state index < -0.39 is 0 Å². The van der Waals surface area contributed by atoms with Crippen molar-refractivity contribution in [3.8, 4) is 16.9 Å². The Kier molecular flexibility index (Phi) is 6.19. The van der Waals surface area contributed by atoms with Gasteiger partial charge in [-0.25, -0.2) is 0 Å². The van der Waals surface area contributed by atoms with E-state index in [1.165, 1.54) is 0 Å². The minimum absolute atomic E-state index is 0.364. The first kappa shape index (κ1) is 19.7. The van der Waals surface area contributed by atoms with Gasteiger partial charge in [0, 0.05) is 42.0 Å². The van der Waals surface area contributed by atoms with Gasteiger partial charge in [0.05, 0.1) is 12.8 Å². The second-order valence-electron chi connectivity index (χ2n) is 6.95. The number of methoxy groups -OCH3 is 1. The number of benzene rings is 2. The Morgan fingerprint density at radius 2 is 2.04 bits per heavy atom. The van der Waals surface area contributed by atoms with Gasteiger partial charge >= 0.3 is 0 Å². The van der Waals surface area contributed by atoms with E-state index in [-0.39, 0.29) is 0 Å². The van der Waals surface area contributed by atoms with Crippen LogP contribution in [0.15, 0.2) is 30.3 Å². The lowest BCUT2D eigenvalue weighted by atomic mass is 9.95. The van der Waals surface area contributed by atoms with Crippen LogP contribution < -0.4 is 20.7 Å². The summed E-state index contributed by atoms with van der Waals surface area (Å²) in [5, 5.41) is 18.0. The minimum atomic E-state index is 0.364. The fourth-order valence-corrected chi connectivity index (χ4v) is 3.37. The molecule has 1 fully saturated rings. The summed E-state index contributed by atoms with van der Waals surface area (Å²) < 4.78 is 5.44. The average Bonchev–Trinajstić information content (AvgIpc) is 3.57. The van der Waals surface area contributed by atoms with Crippen LogP contribution in [0, 0.1) is 11.3 Å². The van der Waals surface area contributed by atoms with E-state index in [9.17, 15) is 4.79 Å². The summed E-state index contributed by atoms with van der Waals surface area (Å²) in [6, 6.07) is 9.97. The second kappa shape index (κ2) is 8.78. The number of nitrogens with one attached hydrogen (secondary N) is 4. The number of hydrogen-bond acceptors (Lipinski definition) is 5. The van der Waals surface area contributed by atoms with Crippen molar-refractivity contribution >= 4 is 29.2 Å². The molecular formula is C22H28N4O2. The molecule has 148 valence electrons. The van der Waals surface area contributed by atoms with Crippen molar-refractivity contribution in [2.24, 2.45) is 5.92 Å². The highest BCUT2D eigenvalue weighted by molar-refractivity contribution is 6.07. The molecule has 0 heterocycles. The lowest BCUT2D eigenvalue weighted by Crippen LogP contribution is -2.09. The van der Waals surface area contributed by atoms with Gasteiger partial charge in [0.2, 0.25) is 6.41 Å². The summed E-state index contributed by atoms with van der Waals surface area (Å²) in [5.41, 5.74) is 6.00. The van der Waals surface area contributed by atoms with Gasteiger partial charge in [-0.15, -0.1) is 0 Å². The van der Waals surface area contributed by atoms with Crippen LogP contribution in [0.5, 0.6) is 5.75 Å². The number of carbonyl (C=O) groups is 1. The molecular weight excluding hydrogens is 352 g/mol. The van der Waals surface area contributed by atoms with E-state index in [1.807, 2.05) is 31.3 Å². The summed E-state index contributed by atoms with van der Waals surface area (Å²) in [6.45, 7) is 2.86. The van der Waals surface area contributed by atoms with Crippen molar-refractivity contribution in [3.05, 3.63) is 35.9 Å². The number of rotatable bonds is 10. The monoisotopic (exact) mass is 380 g/mol. The lowest BCUT2D eigenvalue weighted by Gasteiger charge is -2.20. The molecule has 0 unspecified atom stereocenters. The minimum Gasteiger partial charge on any atom is -0.494 e. The summed E-state index contributed by atoms with van der Waals surface area (Å²) in [5.74, 6) is 0.968. The van der Waals surface area contributed by atoms with Gasteiger partial charge in [-0.2, -0.15) is 0 Å². The predicted molar refractivity (Wildman–Crippen MR) is 116 cm³/mol. The van der Waals surface area contributed by atoms with Gasteiger partial charge in [-0.3, -0.25) is 4.79 Å². The number of amides is 1. The molecule has 1 saturated carbocycles. The second-order valence-corrected chi connectivity index (χ2v) is 6.95. The molecule has 0 radical (unpaired) electrons. The highest BCUT2D eigenvalue weighted by atomic mass is 16.5. The van der Waals surface area contributed by atoms with E-state index in [4.69, 9.17) is 10.1 Å². The maximum absolute atomic E-state index is 11.2. The van der Waals surface area contributed by atoms with E-state index in [0.717, 1.165) is 53.9 Å².